The van der Waals surface area contributed by atoms with Crippen LogP contribution in [0.2, 0.25) is 0 Å². The normalized spacial score (nSPS) is 24.3. The van der Waals surface area contributed by atoms with E-state index in [-0.39, 0.29) is 49.6 Å². The number of piperazine rings is 1. The van der Waals surface area contributed by atoms with E-state index in [9.17, 15) is 22.8 Å². The van der Waals surface area contributed by atoms with Crippen molar-refractivity contribution in [1.29, 1.82) is 0 Å². The third-order valence-electron chi connectivity index (χ3n) is 9.48. The monoisotopic (exact) mass is 647 g/mol. The maximum atomic E-state index is 15.1. The number of esters is 1. The zero-order valence-electron chi connectivity index (χ0n) is 27.3. The van der Waals surface area contributed by atoms with Crippen molar-refractivity contribution >= 4 is 11.9 Å². The lowest BCUT2D eigenvalue weighted by molar-refractivity contribution is -0.163. The van der Waals surface area contributed by atoms with Gasteiger partial charge in [-0.25, -0.2) is 17.6 Å². The number of hydrogen-bond acceptors (Lipinski definition) is 6. The molecule has 0 aromatic heterocycles. The molecule has 0 saturated carbocycles. The predicted molar refractivity (Wildman–Crippen MR) is 165 cm³/mol. The van der Waals surface area contributed by atoms with E-state index < -0.39 is 52.7 Å². The van der Waals surface area contributed by atoms with Gasteiger partial charge in [0.1, 0.15) is 34.9 Å². The van der Waals surface area contributed by atoms with E-state index in [1.807, 2.05) is 11.8 Å². The summed E-state index contributed by atoms with van der Waals surface area (Å²) in [7, 11) is 0. The number of carbonyl (C=O) groups excluding carboxylic acids is 2. The van der Waals surface area contributed by atoms with Crippen molar-refractivity contribution in [2.75, 3.05) is 45.9 Å². The topological polar surface area (TPSA) is 62.3 Å². The molecule has 3 aliphatic rings. The van der Waals surface area contributed by atoms with Gasteiger partial charge in [-0.3, -0.25) is 19.4 Å². The maximum Gasteiger partial charge on any atom is 0.324 e. The smallest absolute Gasteiger partial charge is 0.324 e. The summed E-state index contributed by atoms with van der Waals surface area (Å²) in [4.78, 5) is 33.6. The van der Waals surface area contributed by atoms with Crippen LogP contribution in [0.4, 0.5) is 17.6 Å². The van der Waals surface area contributed by atoms with E-state index in [4.69, 9.17) is 9.47 Å². The number of halogens is 4. The standard InChI is InChI=1S/C35H45F4N3O4/c1-21-14-29(37)26(30(38)15-21)17-32(34(44)46-35(3,4)5)40-10-11-42(22(2)18-40)33(43)28-20-41(24-8-12-45-13-9-24)19-27(28)25-7-6-23(36)16-31(25)39/h6-7,14-16,22,24,27-28,32H,8-13,17-20H2,1-5H3/t22-,27-,28+,32-/m0/s1. The van der Waals surface area contributed by atoms with Crippen LogP contribution in [0.5, 0.6) is 0 Å². The molecule has 3 aliphatic heterocycles. The minimum Gasteiger partial charge on any atom is -0.459 e. The van der Waals surface area contributed by atoms with E-state index in [0.29, 0.717) is 37.4 Å². The van der Waals surface area contributed by atoms with Crippen LogP contribution >= 0.6 is 0 Å². The Morgan fingerprint density at radius 1 is 0.957 bits per heavy atom. The van der Waals surface area contributed by atoms with Crippen molar-refractivity contribution in [3.63, 3.8) is 0 Å². The fourth-order valence-electron chi connectivity index (χ4n) is 7.21. The molecule has 3 saturated heterocycles. The Kier molecular flexibility index (Phi) is 10.4. The minimum atomic E-state index is -0.970. The first-order valence-corrected chi connectivity index (χ1v) is 16.2. The number of benzene rings is 2. The lowest BCUT2D eigenvalue weighted by Gasteiger charge is -2.44. The van der Waals surface area contributed by atoms with Gasteiger partial charge in [0.15, 0.2) is 0 Å². The third-order valence-corrected chi connectivity index (χ3v) is 9.48. The van der Waals surface area contributed by atoms with Crippen LogP contribution in [0.1, 0.15) is 63.1 Å². The van der Waals surface area contributed by atoms with Crippen molar-refractivity contribution in [2.45, 2.75) is 83.5 Å². The molecule has 1 amide bonds. The Balaban J connectivity index is 1.36. The molecule has 0 N–H and O–H groups in total. The summed E-state index contributed by atoms with van der Waals surface area (Å²) in [6, 6.07) is 4.92. The van der Waals surface area contributed by atoms with Gasteiger partial charge < -0.3 is 14.4 Å². The lowest BCUT2D eigenvalue weighted by Crippen LogP contribution is -2.60. The number of rotatable bonds is 7. The van der Waals surface area contributed by atoms with Crippen LogP contribution in [0.3, 0.4) is 0 Å². The molecular formula is C35H45F4N3O4. The molecule has 5 rings (SSSR count). The Labute approximate surface area is 268 Å². The highest BCUT2D eigenvalue weighted by atomic mass is 19.1. The fourth-order valence-corrected chi connectivity index (χ4v) is 7.21. The molecule has 0 bridgehead atoms. The van der Waals surface area contributed by atoms with Crippen LogP contribution < -0.4 is 0 Å². The first-order valence-electron chi connectivity index (χ1n) is 16.2. The van der Waals surface area contributed by atoms with Gasteiger partial charge in [-0.15, -0.1) is 0 Å². The SMILES string of the molecule is Cc1cc(F)c(C[C@@H](C(=O)OC(C)(C)C)N2CCN(C(=O)[C@@H]3CN(C4CCOCC4)C[C@H]3c3ccc(F)cc3F)[C@@H](C)C2)c(F)c1. The molecule has 252 valence electrons. The summed E-state index contributed by atoms with van der Waals surface area (Å²) in [5, 5.41) is 0. The van der Waals surface area contributed by atoms with Gasteiger partial charge in [0.05, 0.1) is 5.92 Å². The zero-order valence-corrected chi connectivity index (χ0v) is 27.3. The number of aryl methyl sites for hydroxylation is 1. The van der Waals surface area contributed by atoms with Crippen molar-refractivity contribution < 1.29 is 36.6 Å². The number of carbonyl (C=O) groups is 2. The molecule has 46 heavy (non-hydrogen) atoms. The van der Waals surface area contributed by atoms with E-state index in [0.717, 1.165) is 18.9 Å². The Morgan fingerprint density at radius 2 is 1.63 bits per heavy atom. The van der Waals surface area contributed by atoms with Crippen molar-refractivity contribution in [2.24, 2.45) is 5.92 Å². The minimum absolute atomic E-state index is 0.125. The Hall–Kier alpha value is -3.02. The van der Waals surface area contributed by atoms with Crippen molar-refractivity contribution in [3.05, 3.63) is 70.3 Å². The number of nitrogens with zero attached hydrogens (tertiary/aromatic N) is 3. The quantitative estimate of drug-likeness (QED) is 0.303. The maximum absolute atomic E-state index is 15.1. The van der Waals surface area contributed by atoms with Crippen LogP contribution in [0.15, 0.2) is 30.3 Å². The second kappa shape index (κ2) is 14.0. The van der Waals surface area contributed by atoms with Gasteiger partial charge in [0, 0.05) is 82.0 Å². The van der Waals surface area contributed by atoms with E-state index >= 15 is 4.39 Å². The largest absolute Gasteiger partial charge is 0.459 e. The van der Waals surface area contributed by atoms with Gasteiger partial charge in [-0.05, 0) is 76.8 Å². The van der Waals surface area contributed by atoms with Gasteiger partial charge in [-0.1, -0.05) is 6.07 Å². The molecule has 11 heteroatoms. The van der Waals surface area contributed by atoms with Gasteiger partial charge in [0.25, 0.3) is 0 Å². The Morgan fingerprint density at radius 3 is 2.24 bits per heavy atom. The summed E-state index contributed by atoms with van der Waals surface area (Å²) >= 11 is 0. The summed E-state index contributed by atoms with van der Waals surface area (Å²) in [6.45, 7) is 11.7. The van der Waals surface area contributed by atoms with Crippen molar-refractivity contribution in [3.8, 4) is 0 Å². The number of amides is 1. The second-order valence-corrected chi connectivity index (χ2v) is 14.0. The fraction of sp³-hybridized carbons (Fsp3) is 0.600. The van der Waals surface area contributed by atoms with Crippen LogP contribution in [0.25, 0.3) is 0 Å². The average Bonchev–Trinajstić information content (AvgIpc) is 3.41. The Bertz CT molecular complexity index is 1400. The molecular weight excluding hydrogens is 602 g/mol. The van der Waals surface area contributed by atoms with E-state index in [2.05, 4.69) is 4.90 Å². The van der Waals surface area contributed by atoms with Crippen LogP contribution in [-0.2, 0) is 25.5 Å². The first kappa shape index (κ1) is 34.3. The van der Waals surface area contributed by atoms with Gasteiger partial charge in [-0.2, -0.15) is 0 Å². The van der Waals surface area contributed by atoms with Gasteiger partial charge in [0.2, 0.25) is 5.91 Å². The molecule has 3 fully saturated rings. The average molecular weight is 648 g/mol. The van der Waals surface area contributed by atoms with Crippen LogP contribution in [0, 0.1) is 36.1 Å². The number of ether oxygens (including phenoxy) is 2. The molecule has 0 spiro atoms. The molecule has 0 radical (unpaired) electrons. The summed E-state index contributed by atoms with van der Waals surface area (Å²) in [5.74, 6) is -4.49. The first-order chi connectivity index (χ1) is 21.7. The second-order valence-electron chi connectivity index (χ2n) is 14.0. The summed E-state index contributed by atoms with van der Waals surface area (Å²) in [6.07, 6.45) is 1.42. The highest BCUT2D eigenvalue weighted by molar-refractivity contribution is 5.81. The number of hydrogen-bond donors (Lipinski definition) is 0. The molecule has 2 aromatic rings. The lowest BCUT2D eigenvalue weighted by atomic mass is 9.87. The molecule has 7 nitrogen and oxygen atoms in total. The van der Waals surface area contributed by atoms with Crippen LogP contribution in [-0.4, -0.2) is 96.2 Å². The molecule has 3 heterocycles. The van der Waals surface area contributed by atoms with E-state index in [1.54, 1.807) is 32.6 Å². The third kappa shape index (κ3) is 7.74. The predicted octanol–water partition coefficient (Wildman–Crippen LogP) is 5.23. The number of likely N-dealkylation sites (tertiary alicyclic amines) is 1. The van der Waals surface area contributed by atoms with Crippen molar-refractivity contribution in [1.82, 2.24) is 14.7 Å². The highest BCUT2D eigenvalue weighted by Crippen LogP contribution is 2.38. The highest BCUT2D eigenvalue weighted by Gasteiger charge is 2.46. The summed E-state index contributed by atoms with van der Waals surface area (Å²) in [5.41, 5.74) is -0.231. The molecule has 0 aliphatic carbocycles. The van der Waals surface area contributed by atoms with Gasteiger partial charge >= 0.3 is 5.97 Å². The molecule has 4 atom stereocenters. The zero-order chi connectivity index (χ0) is 33.3. The van der Waals surface area contributed by atoms with E-state index in [1.165, 1.54) is 24.3 Å². The summed E-state index contributed by atoms with van der Waals surface area (Å²) < 4.78 is 70.0. The molecule has 2 aromatic carbocycles. The molecule has 0 unspecified atom stereocenters.